The lowest BCUT2D eigenvalue weighted by Gasteiger charge is -2.20. The van der Waals surface area contributed by atoms with Gasteiger partial charge in [-0.25, -0.2) is 0 Å². The van der Waals surface area contributed by atoms with Crippen LogP contribution in [0.15, 0.2) is 4.99 Å². The highest BCUT2D eigenvalue weighted by Crippen LogP contribution is 2.12. The van der Waals surface area contributed by atoms with Crippen LogP contribution >= 0.6 is 0 Å². The van der Waals surface area contributed by atoms with Crippen molar-refractivity contribution >= 4 is 5.96 Å². The first kappa shape index (κ1) is 20.5. The van der Waals surface area contributed by atoms with E-state index in [1.54, 1.807) is 0 Å². The van der Waals surface area contributed by atoms with Crippen LogP contribution in [-0.2, 0) is 9.47 Å². The Kier molecular flexibility index (Phi) is 10.9. The van der Waals surface area contributed by atoms with E-state index in [1.807, 2.05) is 0 Å². The van der Waals surface area contributed by atoms with E-state index >= 15 is 0 Å². The Morgan fingerprint density at radius 2 is 2.00 bits per heavy atom. The van der Waals surface area contributed by atoms with Gasteiger partial charge in [0.25, 0.3) is 0 Å². The summed E-state index contributed by atoms with van der Waals surface area (Å²) in [5.74, 6) is 0.927. The largest absolute Gasteiger partial charge is 0.379 e. The molecule has 6 nitrogen and oxygen atoms in total. The molecule has 0 aromatic heterocycles. The monoisotopic (exact) mass is 354 g/mol. The van der Waals surface area contributed by atoms with E-state index in [0.717, 1.165) is 64.8 Å². The zero-order valence-corrected chi connectivity index (χ0v) is 16.1. The number of nitrogens with zero attached hydrogens (tertiary/aromatic N) is 2. The molecule has 25 heavy (non-hydrogen) atoms. The van der Waals surface area contributed by atoms with Gasteiger partial charge in [-0.1, -0.05) is 12.8 Å². The molecule has 0 aromatic carbocycles. The molecule has 2 saturated heterocycles. The van der Waals surface area contributed by atoms with Crippen molar-refractivity contribution in [1.82, 2.24) is 15.5 Å². The molecule has 0 radical (unpaired) electrons. The molecule has 0 spiro atoms. The van der Waals surface area contributed by atoms with Gasteiger partial charge in [-0.3, -0.25) is 4.99 Å². The smallest absolute Gasteiger partial charge is 0.191 e. The van der Waals surface area contributed by atoms with Crippen molar-refractivity contribution < 1.29 is 9.47 Å². The predicted octanol–water partition coefficient (Wildman–Crippen LogP) is 2.00. The SMILES string of the molecule is CCNC(=NCCCOCC1CCCO1)NCCN1CCCCCC1. The fourth-order valence-electron chi connectivity index (χ4n) is 3.38. The summed E-state index contributed by atoms with van der Waals surface area (Å²) < 4.78 is 11.2. The zero-order chi connectivity index (χ0) is 17.6. The van der Waals surface area contributed by atoms with Crippen LogP contribution in [0, 0.1) is 0 Å². The maximum Gasteiger partial charge on any atom is 0.191 e. The average molecular weight is 355 g/mol. The second kappa shape index (κ2) is 13.4. The molecule has 2 fully saturated rings. The van der Waals surface area contributed by atoms with Crippen LogP contribution in [0.2, 0.25) is 0 Å². The van der Waals surface area contributed by atoms with Gasteiger partial charge in [0.2, 0.25) is 0 Å². The number of likely N-dealkylation sites (tertiary alicyclic amines) is 1. The number of aliphatic imine (C=N–C) groups is 1. The van der Waals surface area contributed by atoms with Gasteiger partial charge in [-0.05, 0) is 52.1 Å². The normalized spacial score (nSPS) is 22.8. The molecule has 2 heterocycles. The van der Waals surface area contributed by atoms with Gasteiger partial charge < -0.3 is 25.0 Å². The van der Waals surface area contributed by atoms with Gasteiger partial charge in [0.05, 0.1) is 12.7 Å². The summed E-state index contributed by atoms with van der Waals surface area (Å²) in [6.45, 7) is 10.7. The molecular weight excluding hydrogens is 316 g/mol. The highest BCUT2D eigenvalue weighted by molar-refractivity contribution is 5.79. The maximum atomic E-state index is 5.69. The van der Waals surface area contributed by atoms with Crippen molar-refractivity contribution in [2.24, 2.45) is 4.99 Å². The third kappa shape index (κ3) is 9.42. The molecule has 0 aromatic rings. The first-order valence-corrected chi connectivity index (χ1v) is 10.3. The van der Waals surface area contributed by atoms with Crippen molar-refractivity contribution in [2.45, 2.75) is 58.0 Å². The summed E-state index contributed by atoms with van der Waals surface area (Å²) in [7, 11) is 0. The topological polar surface area (TPSA) is 58.1 Å². The number of rotatable bonds is 10. The minimum Gasteiger partial charge on any atom is -0.379 e. The molecule has 6 heteroatoms. The minimum atomic E-state index is 0.321. The predicted molar refractivity (Wildman–Crippen MR) is 103 cm³/mol. The van der Waals surface area contributed by atoms with Gasteiger partial charge in [-0.15, -0.1) is 0 Å². The van der Waals surface area contributed by atoms with Crippen LogP contribution in [-0.4, -0.2) is 76.1 Å². The van der Waals surface area contributed by atoms with E-state index in [-0.39, 0.29) is 0 Å². The fraction of sp³-hybridized carbons (Fsp3) is 0.947. The van der Waals surface area contributed by atoms with E-state index in [1.165, 1.54) is 45.2 Å². The van der Waals surface area contributed by atoms with Gasteiger partial charge in [0.1, 0.15) is 0 Å². The summed E-state index contributed by atoms with van der Waals surface area (Å²) >= 11 is 0. The van der Waals surface area contributed by atoms with Crippen LogP contribution in [0.4, 0.5) is 0 Å². The molecular formula is C19H38N4O2. The average Bonchev–Trinajstić information content (AvgIpc) is 3.00. The molecule has 146 valence electrons. The quantitative estimate of drug-likeness (QED) is 0.357. The molecule has 2 aliphatic rings. The fourth-order valence-corrected chi connectivity index (χ4v) is 3.38. The third-order valence-electron chi connectivity index (χ3n) is 4.81. The Morgan fingerprint density at radius 3 is 2.72 bits per heavy atom. The summed E-state index contributed by atoms with van der Waals surface area (Å²) in [6, 6.07) is 0. The van der Waals surface area contributed by atoms with Gasteiger partial charge in [-0.2, -0.15) is 0 Å². The Hall–Kier alpha value is -0.850. The Morgan fingerprint density at radius 1 is 1.16 bits per heavy atom. The standard InChI is InChI=1S/C19H38N4O2/c1-2-20-19(22-11-14-23-12-5-3-4-6-13-23)21-10-8-15-24-17-18-9-7-16-25-18/h18H,2-17H2,1H3,(H2,20,21,22). The Balaban J connectivity index is 1.53. The van der Waals surface area contributed by atoms with Crippen LogP contribution in [0.3, 0.4) is 0 Å². The van der Waals surface area contributed by atoms with E-state index in [4.69, 9.17) is 9.47 Å². The summed E-state index contributed by atoms with van der Waals surface area (Å²) in [5, 5.41) is 6.79. The number of guanidine groups is 1. The first-order chi connectivity index (χ1) is 12.4. The zero-order valence-electron chi connectivity index (χ0n) is 16.1. The van der Waals surface area contributed by atoms with Crippen molar-refractivity contribution in [1.29, 1.82) is 0 Å². The lowest BCUT2D eigenvalue weighted by atomic mass is 10.2. The number of hydrogen-bond acceptors (Lipinski definition) is 4. The minimum absolute atomic E-state index is 0.321. The Labute approximate surface area is 153 Å². The van der Waals surface area contributed by atoms with E-state index in [2.05, 4.69) is 27.4 Å². The molecule has 0 bridgehead atoms. The lowest BCUT2D eigenvalue weighted by Crippen LogP contribution is -2.42. The molecule has 0 amide bonds. The maximum absolute atomic E-state index is 5.69. The summed E-state index contributed by atoms with van der Waals surface area (Å²) in [5.41, 5.74) is 0. The van der Waals surface area contributed by atoms with Crippen LogP contribution in [0.25, 0.3) is 0 Å². The van der Waals surface area contributed by atoms with Crippen molar-refractivity contribution in [2.75, 3.05) is 59.1 Å². The summed E-state index contributed by atoms with van der Waals surface area (Å²) in [4.78, 5) is 7.22. The van der Waals surface area contributed by atoms with Crippen LogP contribution < -0.4 is 10.6 Å². The highest BCUT2D eigenvalue weighted by Gasteiger charge is 2.14. The van der Waals surface area contributed by atoms with Gasteiger partial charge in [0.15, 0.2) is 5.96 Å². The summed E-state index contributed by atoms with van der Waals surface area (Å²) in [6.07, 6.45) is 9.07. The number of nitrogens with one attached hydrogen (secondary N) is 2. The van der Waals surface area contributed by atoms with E-state index < -0.39 is 0 Å². The number of hydrogen-bond donors (Lipinski definition) is 2. The van der Waals surface area contributed by atoms with Crippen LogP contribution in [0.5, 0.6) is 0 Å². The third-order valence-corrected chi connectivity index (χ3v) is 4.81. The molecule has 2 aliphatic heterocycles. The molecule has 1 unspecified atom stereocenters. The van der Waals surface area contributed by atoms with E-state index in [0.29, 0.717) is 6.10 Å². The lowest BCUT2D eigenvalue weighted by molar-refractivity contribution is 0.0171. The van der Waals surface area contributed by atoms with Crippen molar-refractivity contribution in [3.63, 3.8) is 0 Å². The molecule has 0 aliphatic carbocycles. The van der Waals surface area contributed by atoms with Gasteiger partial charge >= 0.3 is 0 Å². The second-order valence-corrected chi connectivity index (χ2v) is 7.01. The first-order valence-electron chi connectivity index (χ1n) is 10.3. The highest BCUT2D eigenvalue weighted by atomic mass is 16.5. The van der Waals surface area contributed by atoms with Gasteiger partial charge in [0, 0.05) is 39.4 Å². The number of ether oxygens (including phenoxy) is 2. The molecule has 1 atom stereocenters. The molecule has 0 saturated carbocycles. The van der Waals surface area contributed by atoms with Crippen molar-refractivity contribution in [3.8, 4) is 0 Å². The molecule has 2 N–H and O–H groups in total. The van der Waals surface area contributed by atoms with E-state index in [9.17, 15) is 0 Å². The van der Waals surface area contributed by atoms with Crippen molar-refractivity contribution in [3.05, 3.63) is 0 Å². The van der Waals surface area contributed by atoms with Crippen LogP contribution in [0.1, 0.15) is 51.9 Å². The molecule has 2 rings (SSSR count). The second-order valence-electron chi connectivity index (χ2n) is 7.01. The Bertz CT molecular complexity index is 351.